The van der Waals surface area contributed by atoms with Gasteiger partial charge in [-0.2, -0.15) is 0 Å². The number of hydrogen-bond donors (Lipinski definition) is 0. The van der Waals surface area contributed by atoms with Gasteiger partial charge >= 0.3 is 0 Å². The smallest absolute Gasteiger partial charge is 0.134 e. The first-order valence-electron chi connectivity index (χ1n) is 12.2. The molecule has 0 bridgehead atoms. The second-order valence-electron chi connectivity index (χ2n) is 9.08. The molecule has 170 valence electrons. The summed E-state index contributed by atoms with van der Waals surface area (Å²) >= 11 is 0. The molecule has 0 amide bonds. The molecule has 3 nitrogen and oxygen atoms in total. The third-order valence-electron chi connectivity index (χ3n) is 6.63. The van der Waals surface area contributed by atoms with Gasteiger partial charge in [0, 0.05) is 11.8 Å². The molecule has 0 N–H and O–H groups in total. The molecule has 5 rings (SSSR count). The summed E-state index contributed by atoms with van der Waals surface area (Å²) in [6.07, 6.45) is 6.47. The van der Waals surface area contributed by atoms with Crippen LogP contribution in [0.15, 0.2) is 71.1 Å². The maximum absolute atomic E-state index is 6.21. The molecule has 0 spiro atoms. The van der Waals surface area contributed by atoms with Crippen LogP contribution in [0.1, 0.15) is 61.5 Å². The molecule has 1 heterocycles. The van der Waals surface area contributed by atoms with Crippen molar-refractivity contribution in [3.63, 3.8) is 0 Å². The van der Waals surface area contributed by atoms with Crippen molar-refractivity contribution >= 4 is 11.0 Å². The average molecular weight is 441 g/mol. The van der Waals surface area contributed by atoms with Crippen LogP contribution in [0.5, 0.6) is 17.2 Å². The second-order valence-corrected chi connectivity index (χ2v) is 9.08. The Morgan fingerprint density at radius 2 is 1.82 bits per heavy atom. The molecule has 0 saturated heterocycles. The molecule has 33 heavy (non-hydrogen) atoms. The van der Waals surface area contributed by atoms with Gasteiger partial charge in [0.1, 0.15) is 28.6 Å². The van der Waals surface area contributed by atoms with E-state index in [1.165, 1.54) is 34.9 Å². The molecule has 3 heteroatoms. The van der Waals surface area contributed by atoms with E-state index in [0.717, 1.165) is 54.3 Å². The highest BCUT2D eigenvalue weighted by atomic mass is 16.5. The largest absolute Gasteiger partial charge is 0.493 e. The van der Waals surface area contributed by atoms with Gasteiger partial charge in [-0.1, -0.05) is 44.5 Å². The van der Waals surface area contributed by atoms with Crippen LogP contribution in [-0.4, -0.2) is 6.61 Å². The lowest BCUT2D eigenvalue weighted by atomic mass is 9.82. The van der Waals surface area contributed by atoms with Crippen LogP contribution in [0.4, 0.5) is 0 Å². The van der Waals surface area contributed by atoms with Gasteiger partial charge in [-0.25, -0.2) is 0 Å². The lowest BCUT2D eigenvalue weighted by molar-refractivity contribution is 0.307. The topological polar surface area (TPSA) is 31.6 Å². The van der Waals surface area contributed by atoms with Crippen molar-refractivity contribution in [3.8, 4) is 17.2 Å². The first-order chi connectivity index (χ1) is 16.2. The molecule has 1 aromatic heterocycles. The van der Waals surface area contributed by atoms with E-state index in [9.17, 15) is 0 Å². The fraction of sp³-hybridized carbons (Fsp3) is 0.333. The van der Waals surface area contributed by atoms with Gasteiger partial charge in [0.05, 0.1) is 6.61 Å². The fourth-order valence-corrected chi connectivity index (χ4v) is 4.95. The molecule has 3 aromatic carbocycles. The summed E-state index contributed by atoms with van der Waals surface area (Å²) < 4.78 is 18.4. The highest BCUT2D eigenvalue weighted by Gasteiger charge is 2.20. The van der Waals surface area contributed by atoms with Gasteiger partial charge < -0.3 is 13.9 Å². The lowest BCUT2D eigenvalue weighted by Gasteiger charge is -2.22. The fourth-order valence-electron chi connectivity index (χ4n) is 4.95. The SMILES string of the molecule is CCCc1cc(Oc2ccccc2)ccc1OCCc1cc2c3c(ccc2o1)C(C)CCC3. The minimum atomic E-state index is 0.591. The maximum Gasteiger partial charge on any atom is 0.134 e. The Morgan fingerprint density at radius 3 is 2.67 bits per heavy atom. The zero-order valence-corrected chi connectivity index (χ0v) is 19.6. The highest BCUT2D eigenvalue weighted by molar-refractivity contribution is 5.83. The predicted molar refractivity (Wildman–Crippen MR) is 134 cm³/mol. The van der Waals surface area contributed by atoms with Gasteiger partial charge in [0.15, 0.2) is 0 Å². The van der Waals surface area contributed by atoms with E-state index in [4.69, 9.17) is 13.9 Å². The zero-order valence-electron chi connectivity index (χ0n) is 19.6. The normalized spacial score (nSPS) is 15.4. The number of aryl methyl sites for hydroxylation is 2. The summed E-state index contributed by atoms with van der Waals surface area (Å²) in [4.78, 5) is 0. The van der Waals surface area contributed by atoms with Crippen molar-refractivity contribution in [2.75, 3.05) is 6.61 Å². The van der Waals surface area contributed by atoms with Crippen molar-refractivity contribution in [1.29, 1.82) is 0 Å². The highest BCUT2D eigenvalue weighted by Crippen LogP contribution is 2.37. The molecule has 0 saturated carbocycles. The number of fused-ring (bicyclic) bond motifs is 3. The molecule has 4 aromatic rings. The van der Waals surface area contributed by atoms with Crippen LogP contribution >= 0.6 is 0 Å². The summed E-state index contributed by atoms with van der Waals surface area (Å²) in [6, 6.07) is 22.6. The summed E-state index contributed by atoms with van der Waals surface area (Å²) in [5.41, 5.74) is 5.17. The molecular weight excluding hydrogens is 408 g/mol. The Labute approximate surface area is 196 Å². The molecule has 1 unspecified atom stereocenters. The second kappa shape index (κ2) is 9.74. The van der Waals surface area contributed by atoms with E-state index in [0.29, 0.717) is 12.5 Å². The minimum Gasteiger partial charge on any atom is -0.493 e. The summed E-state index contributed by atoms with van der Waals surface area (Å²) in [5, 5.41) is 1.29. The maximum atomic E-state index is 6.21. The number of hydrogen-bond acceptors (Lipinski definition) is 3. The van der Waals surface area contributed by atoms with Gasteiger partial charge in [-0.15, -0.1) is 0 Å². The van der Waals surface area contributed by atoms with Crippen LogP contribution in [0, 0.1) is 0 Å². The minimum absolute atomic E-state index is 0.591. The third kappa shape index (κ3) is 4.78. The van der Waals surface area contributed by atoms with Crippen LogP contribution in [0.25, 0.3) is 11.0 Å². The van der Waals surface area contributed by atoms with E-state index < -0.39 is 0 Å². The number of furan rings is 1. The van der Waals surface area contributed by atoms with Gasteiger partial charge in [-0.3, -0.25) is 0 Å². The van der Waals surface area contributed by atoms with Gasteiger partial charge in [-0.05, 0) is 90.8 Å². The summed E-state index contributed by atoms with van der Waals surface area (Å²) in [5.74, 6) is 4.26. The quantitative estimate of drug-likeness (QED) is 0.276. The lowest BCUT2D eigenvalue weighted by Crippen LogP contribution is -2.06. The number of benzene rings is 3. The zero-order chi connectivity index (χ0) is 22.6. The predicted octanol–water partition coefficient (Wildman–Crippen LogP) is 8.24. The van der Waals surface area contributed by atoms with Gasteiger partial charge in [0.25, 0.3) is 0 Å². The monoisotopic (exact) mass is 440 g/mol. The Morgan fingerprint density at radius 1 is 0.939 bits per heavy atom. The van der Waals surface area contributed by atoms with Crippen molar-refractivity contribution in [3.05, 3.63) is 89.2 Å². The van der Waals surface area contributed by atoms with E-state index in [1.807, 2.05) is 42.5 Å². The van der Waals surface area contributed by atoms with Crippen molar-refractivity contribution < 1.29 is 13.9 Å². The molecular formula is C30H32O3. The third-order valence-corrected chi connectivity index (χ3v) is 6.63. The number of ether oxygens (including phenoxy) is 2. The van der Waals surface area contributed by atoms with Crippen molar-refractivity contribution in [1.82, 2.24) is 0 Å². The molecule has 1 aliphatic rings. The van der Waals surface area contributed by atoms with Crippen molar-refractivity contribution in [2.24, 2.45) is 0 Å². The molecule has 0 aliphatic heterocycles. The molecule has 1 atom stereocenters. The Hall–Kier alpha value is -3.20. The first-order valence-corrected chi connectivity index (χ1v) is 12.2. The average Bonchev–Trinajstić information content (AvgIpc) is 3.25. The number of para-hydroxylation sites is 1. The molecule has 1 aliphatic carbocycles. The van der Waals surface area contributed by atoms with Crippen LogP contribution in [0.3, 0.4) is 0 Å². The Kier molecular flexibility index (Phi) is 6.39. The van der Waals surface area contributed by atoms with Gasteiger partial charge in [0.2, 0.25) is 0 Å². The first kappa shape index (κ1) is 21.6. The van der Waals surface area contributed by atoms with E-state index >= 15 is 0 Å². The molecule has 0 radical (unpaired) electrons. The number of rotatable bonds is 8. The van der Waals surface area contributed by atoms with Crippen LogP contribution in [-0.2, 0) is 19.3 Å². The van der Waals surface area contributed by atoms with E-state index in [1.54, 1.807) is 0 Å². The van der Waals surface area contributed by atoms with Crippen LogP contribution in [0.2, 0.25) is 0 Å². The summed E-state index contributed by atoms with van der Waals surface area (Å²) in [7, 11) is 0. The van der Waals surface area contributed by atoms with E-state index in [2.05, 4.69) is 38.1 Å². The Bertz CT molecular complexity index is 1220. The standard InChI is InChI=1S/C30H32O3/c1-3-8-22-19-24(32-23-10-5-4-6-11-23)13-15-29(22)31-18-17-25-20-28-27-12-7-9-21(2)26(27)14-16-30(28)33-25/h4-6,10-11,13-16,19-21H,3,7-9,12,17-18H2,1-2H3. The Balaban J connectivity index is 1.27. The molecule has 0 fully saturated rings. The summed E-state index contributed by atoms with van der Waals surface area (Å²) in [6.45, 7) is 5.11. The van der Waals surface area contributed by atoms with Crippen LogP contribution < -0.4 is 9.47 Å². The van der Waals surface area contributed by atoms with E-state index in [-0.39, 0.29) is 0 Å². The van der Waals surface area contributed by atoms with Crippen molar-refractivity contribution in [2.45, 2.75) is 58.3 Å².